The van der Waals surface area contributed by atoms with Crippen LogP contribution in [0.1, 0.15) is 71.1 Å². The number of nitrogens with two attached hydrogens (primary N) is 1. The van der Waals surface area contributed by atoms with E-state index in [9.17, 15) is 0 Å². The van der Waals surface area contributed by atoms with Gasteiger partial charge in [0.15, 0.2) is 0 Å². The van der Waals surface area contributed by atoms with Crippen LogP contribution in [0.5, 0.6) is 0 Å². The first-order valence-electron chi connectivity index (χ1n) is 6.47. The first-order chi connectivity index (χ1) is 6.68. The van der Waals surface area contributed by atoms with Crippen LogP contribution >= 0.6 is 0 Å². The standard InChI is InChI=1S/C13H25N/c1-2-12(7-6-8-12)11-13(14)9-4-3-5-10-13/h2-11,14H2,1H3. The van der Waals surface area contributed by atoms with Crippen molar-refractivity contribution in [1.82, 2.24) is 0 Å². The molecular weight excluding hydrogens is 170 g/mol. The second kappa shape index (κ2) is 3.84. The van der Waals surface area contributed by atoms with Gasteiger partial charge < -0.3 is 5.73 Å². The molecule has 2 aliphatic carbocycles. The number of hydrogen-bond acceptors (Lipinski definition) is 1. The zero-order chi connectivity index (χ0) is 10.1. The lowest BCUT2D eigenvalue weighted by atomic mass is 9.59. The molecule has 0 bridgehead atoms. The molecule has 0 aromatic rings. The molecule has 0 aromatic heterocycles. The highest BCUT2D eigenvalue weighted by atomic mass is 14.8. The van der Waals surface area contributed by atoms with E-state index in [2.05, 4.69) is 6.92 Å². The molecule has 2 rings (SSSR count). The van der Waals surface area contributed by atoms with Crippen molar-refractivity contribution in [2.75, 3.05) is 0 Å². The summed E-state index contributed by atoms with van der Waals surface area (Å²) in [5, 5.41) is 0. The van der Waals surface area contributed by atoms with Crippen molar-refractivity contribution in [3.63, 3.8) is 0 Å². The summed E-state index contributed by atoms with van der Waals surface area (Å²) in [6, 6.07) is 0. The van der Waals surface area contributed by atoms with Gasteiger partial charge >= 0.3 is 0 Å². The molecule has 1 heteroatoms. The molecule has 2 fully saturated rings. The lowest BCUT2D eigenvalue weighted by Crippen LogP contribution is -2.48. The van der Waals surface area contributed by atoms with Gasteiger partial charge in [-0.05, 0) is 37.5 Å². The van der Waals surface area contributed by atoms with Crippen molar-refractivity contribution in [2.24, 2.45) is 11.1 Å². The van der Waals surface area contributed by atoms with Gasteiger partial charge in [-0.25, -0.2) is 0 Å². The van der Waals surface area contributed by atoms with E-state index in [0.717, 1.165) is 0 Å². The SMILES string of the molecule is CCC1(CC2(N)CCCCC2)CCC1. The van der Waals surface area contributed by atoms with Gasteiger partial charge in [0.1, 0.15) is 0 Å². The Morgan fingerprint density at radius 2 is 1.57 bits per heavy atom. The van der Waals surface area contributed by atoms with E-state index < -0.39 is 0 Å². The predicted molar refractivity (Wildman–Crippen MR) is 61.2 cm³/mol. The Labute approximate surface area is 88.4 Å². The Kier molecular flexibility index (Phi) is 2.88. The zero-order valence-electron chi connectivity index (χ0n) is 9.65. The summed E-state index contributed by atoms with van der Waals surface area (Å²) in [5.74, 6) is 0. The second-order valence-corrected chi connectivity index (χ2v) is 5.81. The number of hydrogen-bond donors (Lipinski definition) is 1. The van der Waals surface area contributed by atoms with Gasteiger partial charge in [0.25, 0.3) is 0 Å². The summed E-state index contributed by atoms with van der Waals surface area (Å²) in [7, 11) is 0. The van der Waals surface area contributed by atoms with Crippen LogP contribution in [0.25, 0.3) is 0 Å². The normalized spacial score (nSPS) is 29.6. The molecule has 1 nitrogen and oxygen atoms in total. The van der Waals surface area contributed by atoms with Crippen molar-refractivity contribution >= 4 is 0 Å². The maximum absolute atomic E-state index is 6.53. The monoisotopic (exact) mass is 195 g/mol. The van der Waals surface area contributed by atoms with Crippen LogP contribution in [0.4, 0.5) is 0 Å². The predicted octanol–water partition coefficient (Wildman–Crippen LogP) is 3.62. The number of rotatable bonds is 3. The molecule has 0 saturated heterocycles. The molecule has 2 N–H and O–H groups in total. The molecule has 0 aliphatic heterocycles. The molecular formula is C13H25N. The molecule has 0 unspecified atom stereocenters. The van der Waals surface area contributed by atoms with E-state index in [1.54, 1.807) is 0 Å². The van der Waals surface area contributed by atoms with Crippen LogP contribution in [0.3, 0.4) is 0 Å². The van der Waals surface area contributed by atoms with Crippen LogP contribution in [-0.2, 0) is 0 Å². The zero-order valence-corrected chi connectivity index (χ0v) is 9.65. The molecule has 0 heterocycles. The Hall–Kier alpha value is -0.0400. The third-order valence-electron chi connectivity index (χ3n) is 4.74. The van der Waals surface area contributed by atoms with Crippen molar-refractivity contribution in [3.8, 4) is 0 Å². The average Bonchev–Trinajstić information content (AvgIpc) is 2.13. The fourth-order valence-electron chi connectivity index (χ4n) is 3.51. The van der Waals surface area contributed by atoms with Crippen LogP contribution in [0.15, 0.2) is 0 Å². The summed E-state index contributed by atoms with van der Waals surface area (Å²) in [5.41, 5.74) is 7.41. The van der Waals surface area contributed by atoms with Crippen LogP contribution < -0.4 is 5.73 Å². The fourth-order valence-corrected chi connectivity index (χ4v) is 3.51. The van der Waals surface area contributed by atoms with Gasteiger partial charge in [0.05, 0.1) is 0 Å². The van der Waals surface area contributed by atoms with Gasteiger partial charge in [-0.3, -0.25) is 0 Å². The van der Waals surface area contributed by atoms with Gasteiger partial charge in [-0.1, -0.05) is 39.0 Å². The van der Waals surface area contributed by atoms with Gasteiger partial charge in [0.2, 0.25) is 0 Å². The van der Waals surface area contributed by atoms with Crippen molar-refractivity contribution in [2.45, 2.75) is 76.7 Å². The van der Waals surface area contributed by atoms with E-state index in [1.807, 2.05) is 0 Å². The molecule has 0 radical (unpaired) electrons. The first kappa shape index (κ1) is 10.5. The van der Waals surface area contributed by atoms with Gasteiger partial charge in [0, 0.05) is 5.54 Å². The lowest BCUT2D eigenvalue weighted by Gasteiger charge is -2.48. The Morgan fingerprint density at radius 3 is 2.00 bits per heavy atom. The minimum Gasteiger partial charge on any atom is -0.325 e. The maximum Gasteiger partial charge on any atom is 0.0159 e. The van der Waals surface area contributed by atoms with Crippen LogP contribution in [-0.4, -0.2) is 5.54 Å². The summed E-state index contributed by atoms with van der Waals surface area (Å²) in [6.45, 7) is 2.35. The van der Waals surface area contributed by atoms with Crippen molar-refractivity contribution in [3.05, 3.63) is 0 Å². The maximum atomic E-state index is 6.53. The highest BCUT2D eigenvalue weighted by molar-refractivity contribution is 4.97. The molecule has 0 atom stereocenters. The van der Waals surface area contributed by atoms with E-state index in [1.165, 1.54) is 64.2 Å². The Balaban J connectivity index is 1.93. The van der Waals surface area contributed by atoms with E-state index in [0.29, 0.717) is 5.41 Å². The van der Waals surface area contributed by atoms with E-state index in [-0.39, 0.29) is 5.54 Å². The van der Waals surface area contributed by atoms with Crippen molar-refractivity contribution in [1.29, 1.82) is 0 Å². The minimum atomic E-state index is 0.217. The lowest BCUT2D eigenvalue weighted by molar-refractivity contribution is 0.0633. The summed E-state index contributed by atoms with van der Waals surface area (Å²) < 4.78 is 0. The van der Waals surface area contributed by atoms with Crippen LogP contribution in [0.2, 0.25) is 0 Å². The molecule has 0 spiro atoms. The van der Waals surface area contributed by atoms with Crippen LogP contribution in [0, 0.1) is 5.41 Å². The topological polar surface area (TPSA) is 26.0 Å². The quantitative estimate of drug-likeness (QED) is 0.731. The summed E-state index contributed by atoms with van der Waals surface area (Å²) in [4.78, 5) is 0. The Bertz CT molecular complexity index is 182. The molecule has 14 heavy (non-hydrogen) atoms. The smallest absolute Gasteiger partial charge is 0.0159 e. The molecule has 2 aliphatic rings. The molecule has 0 aromatic carbocycles. The third-order valence-corrected chi connectivity index (χ3v) is 4.74. The highest BCUT2D eigenvalue weighted by Crippen LogP contribution is 2.50. The van der Waals surface area contributed by atoms with E-state index in [4.69, 9.17) is 5.73 Å². The minimum absolute atomic E-state index is 0.217. The van der Waals surface area contributed by atoms with E-state index >= 15 is 0 Å². The van der Waals surface area contributed by atoms with Gasteiger partial charge in [-0.15, -0.1) is 0 Å². The fraction of sp³-hybridized carbons (Fsp3) is 1.00. The first-order valence-corrected chi connectivity index (χ1v) is 6.47. The van der Waals surface area contributed by atoms with Gasteiger partial charge in [-0.2, -0.15) is 0 Å². The Morgan fingerprint density at radius 1 is 0.929 bits per heavy atom. The summed E-state index contributed by atoms with van der Waals surface area (Å²) >= 11 is 0. The highest BCUT2D eigenvalue weighted by Gasteiger charge is 2.42. The largest absolute Gasteiger partial charge is 0.325 e. The summed E-state index contributed by atoms with van der Waals surface area (Å²) in [6.07, 6.45) is 13.7. The molecule has 82 valence electrons. The second-order valence-electron chi connectivity index (χ2n) is 5.81. The third kappa shape index (κ3) is 1.98. The van der Waals surface area contributed by atoms with Crippen molar-refractivity contribution < 1.29 is 0 Å². The molecule has 2 saturated carbocycles. The molecule has 0 amide bonds. The average molecular weight is 195 g/mol.